The number of hydrogen-bond donors (Lipinski definition) is 0. The maximum atomic E-state index is 9.92. The molecule has 0 saturated carbocycles. The van der Waals surface area contributed by atoms with Gasteiger partial charge in [-0.25, -0.2) is 9.79 Å². The van der Waals surface area contributed by atoms with Crippen molar-refractivity contribution < 1.29 is 4.79 Å². The van der Waals surface area contributed by atoms with Crippen molar-refractivity contribution >= 4 is 17.7 Å². The van der Waals surface area contributed by atoms with E-state index in [1.54, 1.807) is 0 Å². The van der Waals surface area contributed by atoms with Crippen molar-refractivity contribution in [1.29, 1.82) is 0 Å². The minimum absolute atomic E-state index is 0.310. The zero-order valence-electron chi connectivity index (χ0n) is 7.60. The lowest BCUT2D eigenvalue weighted by molar-refractivity contribution is 0.563. The van der Waals surface area contributed by atoms with Gasteiger partial charge in [0.25, 0.3) is 0 Å². The topological polar surface area (TPSA) is 29.4 Å². The molecule has 0 aliphatic rings. The number of aliphatic imine (C=N–C) groups is 1. The lowest BCUT2D eigenvalue weighted by Crippen LogP contribution is -1.88. The number of nitrogens with zero attached hydrogens (tertiary/aromatic N) is 1. The third-order valence-electron chi connectivity index (χ3n) is 1.79. The maximum Gasteiger partial charge on any atom is 0.235 e. The number of hydrogen-bond acceptors (Lipinski definition) is 2. The van der Waals surface area contributed by atoms with Crippen LogP contribution in [0.5, 0.6) is 0 Å². The molecule has 1 rings (SSSR count). The van der Waals surface area contributed by atoms with E-state index in [1.165, 1.54) is 6.08 Å². The van der Waals surface area contributed by atoms with Crippen LogP contribution < -0.4 is 0 Å². The van der Waals surface area contributed by atoms with E-state index in [0.29, 0.717) is 11.6 Å². The van der Waals surface area contributed by atoms with E-state index in [1.807, 2.05) is 26.0 Å². The number of halogens is 1. The van der Waals surface area contributed by atoms with Gasteiger partial charge in [-0.15, -0.1) is 0 Å². The standard InChI is InChI=1S/C10H10ClNO/c1-7-3-8(2)10(11)9(4-7)5-12-6-13/h3-4H,5H2,1-2H3. The summed E-state index contributed by atoms with van der Waals surface area (Å²) in [6, 6.07) is 3.92. The quantitative estimate of drug-likeness (QED) is 0.527. The van der Waals surface area contributed by atoms with E-state index in [4.69, 9.17) is 11.6 Å². The number of carbonyl (C=O) groups excluding carboxylic acids is 1. The fraction of sp³-hybridized carbons (Fsp3) is 0.300. The normalized spacial score (nSPS) is 9.46. The highest BCUT2D eigenvalue weighted by molar-refractivity contribution is 6.32. The Balaban J connectivity index is 3.12. The maximum absolute atomic E-state index is 9.92. The fourth-order valence-electron chi connectivity index (χ4n) is 1.27. The smallest absolute Gasteiger partial charge is 0.211 e. The van der Waals surface area contributed by atoms with Gasteiger partial charge in [0.05, 0.1) is 6.54 Å². The molecule has 0 saturated heterocycles. The van der Waals surface area contributed by atoms with Crippen molar-refractivity contribution in [1.82, 2.24) is 0 Å². The van der Waals surface area contributed by atoms with Crippen LogP contribution >= 0.6 is 11.6 Å². The zero-order valence-corrected chi connectivity index (χ0v) is 8.35. The highest BCUT2D eigenvalue weighted by Crippen LogP contribution is 2.22. The van der Waals surface area contributed by atoms with Crippen LogP contribution in [0.3, 0.4) is 0 Å². The number of benzene rings is 1. The molecule has 0 heterocycles. The molecule has 0 bridgehead atoms. The van der Waals surface area contributed by atoms with Crippen LogP contribution in [0.4, 0.5) is 0 Å². The van der Waals surface area contributed by atoms with Crippen LogP contribution in [0, 0.1) is 13.8 Å². The largest absolute Gasteiger partial charge is 0.235 e. The Bertz CT molecular complexity index is 367. The van der Waals surface area contributed by atoms with E-state index in [0.717, 1.165) is 16.7 Å². The van der Waals surface area contributed by atoms with Gasteiger partial charge in [0.15, 0.2) is 0 Å². The van der Waals surface area contributed by atoms with Crippen molar-refractivity contribution in [2.24, 2.45) is 4.99 Å². The van der Waals surface area contributed by atoms with Gasteiger partial charge in [-0.2, -0.15) is 0 Å². The molecule has 1 aromatic carbocycles. The van der Waals surface area contributed by atoms with E-state index >= 15 is 0 Å². The fourth-order valence-corrected chi connectivity index (χ4v) is 1.44. The first-order valence-electron chi connectivity index (χ1n) is 3.94. The van der Waals surface area contributed by atoms with Gasteiger partial charge in [-0.3, -0.25) is 0 Å². The molecule has 0 spiro atoms. The van der Waals surface area contributed by atoms with Gasteiger partial charge in [0.1, 0.15) is 0 Å². The summed E-state index contributed by atoms with van der Waals surface area (Å²) in [6.07, 6.45) is 1.50. The molecule has 0 atom stereocenters. The van der Waals surface area contributed by atoms with Crippen LogP contribution in [0.1, 0.15) is 16.7 Å². The molecule has 0 fully saturated rings. The van der Waals surface area contributed by atoms with Gasteiger partial charge >= 0.3 is 0 Å². The van der Waals surface area contributed by atoms with E-state index < -0.39 is 0 Å². The van der Waals surface area contributed by atoms with Crippen molar-refractivity contribution in [3.63, 3.8) is 0 Å². The molecule has 0 radical (unpaired) electrons. The molecule has 13 heavy (non-hydrogen) atoms. The summed E-state index contributed by atoms with van der Waals surface area (Å²) in [7, 11) is 0. The van der Waals surface area contributed by atoms with Crippen molar-refractivity contribution in [3.05, 3.63) is 33.8 Å². The monoisotopic (exact) mass is 195 g/mol. The Morgan fingerprint density at radius 3 is 2.77 bits per heavy atom. The molecule has 2 nitrogen and oxygen atoms in total. The first-order chi connectivity index (χ1) is 6.15. The van der Waals surface area contributed by atoms with Gasteiger partial charge < -0.3 is 0 Å². The Morgan fingerprint density at radius 2 is 2.15 bits per heavy atom. The molecule has 0 unspecified atom stereocenters. The Morgan fingerprint density at radius 1 is 1.46 bits per heavy atom. The Kier molecular flexibility index (Phi) is 3.24. The lowest BCUT2D eigenvalue weighted by atomic mass is 10.1. The van der Waals surface area contributed by atoms with Gasteiger partial charge in [0, 0.05) is 5.02 Å². The van der Waals surface area contributed by atoms with E-state index in [2.05, 4.69) is 4.99 Å². The average molecular weight is 196 g/mol. The third-order valence-corrected chi connectivity index (χ3v) is 2.33. The second-order valence-electron chi connectivity index (χ2n) is 2.96. The second-order valence-corrected chi connectivity index (χ2v) is 3.34. The van der Waals surface area contributed by atoms with Gasteiger partial charge in [-0.05, 0) is 25.0 Å². The number of aryl methyl sites for hydroxylation is 2. The predicted molar refractivity (Wildman–Crippen MR) is 52.8 cm³/mol. The molecule has 0 aromatic heterocycles. The first kappa shape index (κ1) is 9.97. The predicted octanol–water partition coefficient (Wildman–Crippen LogP) is 2.79. The molecule has 68 valence electrons. The van der Waals surface area contributed by atoms with E-state index in [9.17, 15) is 4.79 Å². The average Bonchev–Trinajstić information content (AvgIpc) is 2.09. The summed E-state index contributed by atoms with van der Waals surface area (Å²) < 4.78 is 0. The van der Waals surface area contributed by atoms with Crippen LogP contribution in [0.2, 0.25) is 5.02 Å². The van der Waals surface area contributed by atoms with Crippen LogP contribution in [-0.2, 0) is 11.3 Å². The molecule has 1 aromatic rings. The number of rotatable bonds is 2. The first-order valence-corrected chi connectivity index (χ1v) is 4.32. The van der Waals surface area contributed by atoms with Gasteiger partial charge in [-0.1, -0.05) is 29.3 Å². The van der Waals surface area contributed by atoms with Crippen LogP contribution in [-0.4, -0.2) is 6.08 Å². The molecular formula is C10H10ClNO. The van der Waals surface area contributed by atoms with Crippen molar-refractivity contribution in [2.75, 3.05) is 0 Å². The molecule has 0 aliphatic heterocycles. The summed E-state index contributed by atoms with van der Waals surface area (Å²) in [6.45, 7) is 4.23. The SMILES string of the molecule is Cc1cc(C)c(Cl)c(CN=C=O)c1. The second kappa shape index (κ2) is 4.22. The van der Waals surface area contributed by atoms with Crippen LogP contribution in [0.25, 0.3) is 0 Å². The summed E-state index contributed by atoms with van der Waals surface area (Å²) in [4.78, 5) is 13.4. The third kappa shape index (κ3) is 2.41. The highest BCUT2D eigenvalue weighted by Gasteiger charge is 2.03. The Hall–Kier alpha value is -1.11. The summed E-state index contributed by atoms with van der Waals surface area (Å²) in [5.41, 5.74) is 3.01. The zero-order chi connectivity index (χ0) is 9.84. The summed E-state index contributed by atoms with van der Waals surface area (Å²) >= 11 is 6.01. The highest BCUT2D eigenvalue weighted by atomic mass is 35.5. The molecule has 0 aliphatic carbocycles. The minimum atomic E-state index is 0.310. The molecular weight excluding hydrogens is 186 g/mol. The molecule has 0 amide bonds. The van der Waals surface area contributed by atoms with Crippen molar-refractivity contribution in [2.45, 2.75) is 20.4 Å². The lowest BCUT2D eigenvalue weighted by Gasteiger charge is -2.05. The molecule has 0 N–H and O–H groups in total. The van der Waals surface area contributed by atoms with Crippen LogP contribution in [0.15, 0.2) is 17.1 Å². The summed E-state index contributed by atoms with van der Waals surface area (Å²) in [5.74, 6) is 0. The van der Waals surface area contributed by atoms with E-state index in [-0.39, 0.29) is 0 Å². The molecule has 3 heteroatoms. The van der Waals surface area contributed by atoms with Crippen molar-refractivity contribution in [3.8, 4) is 0 Å². The summed E-state index contributed by atoms with van der Waals surface area (Å²) in [5, 5.41) is 0.685. The number of isocyanates is 1. The Labute approximate surface area is 82.3 Å². The van der Waals surface area contributed by atoms with Gasteiger partial charge in [0.2, 0.25) is 6.08 Å². The minimum Gasteiger partial charge on any atom is -0.211 e.